The molecule has 0 aliphatic carbocycles. The lowest BCUT2D eigenvalue weighted by molar-refractivity contribution is -0.136. The fourth-order valence-electron chi connectivity index (χ4n) is 2.83. The summed E-state index contributed by atoms with van der Waals surface area (Å²) < 4.78 is 5.88. The molecule has 5 nitrogen and oxygen atoms in total. The number of carboxylic acids is 1. The normalized spacial score (nSPS) is 10.0. The Hall–Kier alpha value is -3.15. The van der Waals surface area contributed by atoms with E-state index in [1.54, 1.807) is 19.1 Å². The number of carbonyl (C=O) groups is 1. The molecule has 0 spiro atoms. The van der Waals surface area contributed by atoms with E-state index in [1.807, 2.05) is 36.4 Å². The van der Waals surface area contributed by atoms with Crippen molar-refractivity contribution in [3.8, 4) is 16.9 Å². The Morgan fingerprint density at radius 1 is 0.931 bits per heavy atom. The van der Waals surface area contributed by atoms with Gasteiger partial charge in [-0.2, -0.15) is 0 Å². The van der Waals surface area contributed by atoms with Crippen LogP contribution in [0.25, 0.3) is 11.1 Å². The molecule has 0 bridgehead atoms. The number of ether oxygens (including phenoxy) is 1. The van der Waals surface area contributed by atoms with E-state index in [4.69, 9.17) is 20.7 Å². The van der Waals surface area contributed by atoms with E-state index >= 15 is 0 Å². The topological polar surface area (TPSA) is 92.8 Å². The number of benzene rings is 3. The van der Waals surface area contributed by atoms with E-state index in [-0.39, 0.29) is 13.0 Å². The molecule has 3 rings (SSSR count). The van der Waals surface area contributed by atoms with Gasteiger partial charge in [-0.15, -0.1) is 0 Å². The lowest BCUT2D eigenvalue weighted by atomic mass is 10.0. The molecule has 3 aromatic carbocycles. The molecule has 0 aromatic heterocycles. The Bertz CT molecular complexity index is 924. The summed E-state index contributed by atoms with van der Waals surface area (Å²) >= 11 is 0. The third kappa shape index (κ3) is 7.07. The van der Waals surface area contributed by atoms with Gasteiger partial charge in [-0.1, -0.05) is 54.6 Å². The third-order valence-electron chi connectivity index (χ3n) is 4.13. The van der Waals surface area contributed by atoms with Gasteiger partial charge in [0, 0.05) is 18.7 Å². The van der Waals surface area contributed by atoms with Gasteiger partial charge < -0.3 is 20.7 Å². The third-order valence-corrected chi connectivity index (χ3v) is 4.13. The van der Waals surface area contributed by atoms with Gasteiger partial charge in [-0.3, -0.25) is 4.79 Å². The molecule has 29 heavy (non-hydrogen) atoms. The number of hydrogen-bond donors (Lipinski definition) is 3. The number of aliphatic hydroxyl groups excluding tert-OH is 1. The van der Waals surface area contributed by atoms with Gasteiger partial charge >= 0.3 is 5.97 Å². The fraction of sp³-hybridized carbons (Fsp3) is 0.208. The van der Waals surface area contributed by atoms with Crippen molar-refractivity contribution in [3.05, 3.63) is 89.5 Å². The number of carboxylic acid groups (broad SMARTS) is 1. The van der Waals surface area contributed by atoms with Gasteiger partial charge in [0.25, 0.3) is 0 Å². The van der Waals surface area contributed by atoms with Crippen LogP contribution in [0.5, 0.6) is 5.75 Å². The second kappa shape index (κ2) is 11.6. The zero-order chi connectivity index (χ0) is 21.1. The first kappa shape index (κ1) is 22.1. The minimum atomic E-state index is -0.872. The van der Waals surface area contributed by atoms with E-state index in [1.165, 1.54) is 0 Å². The zero-order valence-corrected chi connectivity index (χ0v) is 16.5. The summed E-state index contributed by atoms with van der Waals surface area (Å²) in [6.45, 7) is 2.82. The van der Waals surface area contributed by atoms with Crippen LogP contribution >= 0.6 is 0 Å². The lowest BCUT2D eigenvalue weighted by Crippen LogP contribution is -2.04. The van der Waals surface area contributed by atoms with Crippen molar-refractivity contribution in [2.24, 2.45) is 5.73 Å². The second-order valence-electron chi connectivity index (χ2n) is 6.39. The minimum Gasteiger partial charge on any atom is -0.489 e. The van der Waals surface area contributed by atoms with Crippen molar-refractivity contribution < 1.29 is 19.7 Å². The summed E-state index contributed by atoms with van der Waals surface area (Å²) in [5.41, 5.74) is 10.7. The molecule has 5 heteroatoms. The highest BCUT2D eigenvalue weighted by atomic mass is 16.5. The fourth-order valence-corrected chi connectivity index (χ4v) is 2.83. The highest BCUT2D eigenvalue weighted by molar-refractivity contribution is 5.71. The molecule has 0 fully saturated rings. The maximum absolute atomic E-state index is 11.0. The molecule has 0 radical (unpaired) electrons. The number of aliphatic hydroxyl groups is 1. The maximum Gasteiger partial charge on any atom is 0.307 e. The van der Waals surface area contributed by atoms with E-state index in [2.05, 4.69) is 24.3 Å². The largest absolute Gasteiger partial charge is 0.489 e. The van der Waals surface area contributed by atoms with E-state index in [0.717, 1.165) is 22.3 Å². The van der Waals surface area contributed by atoms with Crippen molar-refractivity contribution in [1.82, 2.24) is 0 Å². The standard InChI is InChI=1S/C22H21NO3.C2H6O/c23-14-16-5-3-8-18(11-16)19-9-4-6-17(12-19)15-26-21-10-2-1-7-20(21)13-22(24)25;1-2-3/h1-12H,13-15,23H2,(H,24,25);3H,2H2,1H3. The van der Waals surface area contributed by atoms with Crippen molar-refractivity contribution in [2.75, 3.05) is 6.61 Å². The highest BCUT2D eigenvalue weighted by Crippen LogP contribution is 2.24. The van der Waals surface area contributed by atoms with Crippen molar-refractivity contribution in [3.63, 3.8) is 0 Å². The predicted molar refractivity (Wildman–Crippen MR) is 115 cm³/mol. The van der Waals surface area contributed by atoms with Crippen LogP contribution in [0.15, 0.2) is 72.8 Å². The maximum atomic E-state index is 11.0. The van der Waals surface area contributed by atoms with Crippen LogP contribution in [0.3, 0.4) is 0 Å². The molecule has 0 heterocycles. The van der Waals surface area contributed by atoms with Gasteiger partial charge in [0.15, 0.2) is 0 Å². The van der Waals surface area contributed by atoms with Crippen molar-refractivity contribution in [2.45, 2.75) is 26.5 Å². The van der Waals surface area contributed by atoms with Crippen molar-refractivity contribution in [1.29, 1.82) is 0 Å². The van der Waals surface area contributed by atoms with Gasteiger partial charge in [-0.05, 0) is 47.4 Å². The highest BCUT2D eigenvalue weighted by Gasteiger charge is 2.08. The number of aliphatic carboxylic acids is 1. The Kier molecular flexibility index (Phi) is 8.89. The Labute approximate surface area is 171 Å². The molecule has 0 aliphatic rings. The first-order chi connectivity index (χ1) is 14.1. The summed E-state index contributed by atoms with van der Waals surface area (Å²) in [4.78, 5) is 11.0. The van der Waals surface area contributed by atoms with Crippen LogP contribution in [-0.2, 0) is 24.4 Å². The molecule has 0 aliphatic heterocycles. The first-order valence-electron chi connectivity index (χ1n) is 9.49. The summed E-state index contributed by atoms with van der Waals surface area (Å²) in [7, 11) is 0. The van der Waals surface area contributed by atoms with E-state index < -0.39 is 5.97 Å². The molecule has 0 saturated carbocycles. The molecule has 152 valence electrons. The predicted octanol–water partition coefficient (Wildman–Crippen LogP) is 4.02. The molecule has 3 aromatic rings. The Morgan fingerprint density at radius 2 is 1.52 bits per heavy atom. The smallest absolute Gasteiger partial charge is 0.307 e. The van der Waals surface area contributed by atoms with Gasteiger partial charge in [0.1, 0.15) is 12.4 Å². The molecular formula is C24H27NO4. The minimum absolute atomic E-state index is 0.0535. The molecular weight excluding hydrogens is 366 g/mol. The van der Waals surface area contributed by atoms with E-state index in [9.17, 15) is 4.79 Å². The number of para-hydroxylation sites is 1. The molecule has 4 N–H and O–H groups in total. The van der Waals surface area contributed by atoms with Crippen LogP contribution in [0.2, 0.25) is 0 Å². The number of nitrogens with two attached hydrogens (primary N) is 1. The Morgan fingerprint density at radius 3 is 2.14 bits per heavy atom. The van der Waals surface area contributed by atoms with E-state index in [0.29, 0.717) is 24.5 Å². The second-order valence-corrected chi connectivity index (χ2v) is 6.39. The van der Waals surface area contributed by atoms with Crippen LogP contribution < -0.4 is 10.5 Å². The molecule has 0 atom stereocenters. The van der Waals surface area contributed by atoms with Crippen LogP contribution in [0.1, 0.15) is 23.6 Å². The number of rotatable bonds is 7. The average molecular weight is 393 g/mol. The van der Waals surface area contributed by atoms with Gasteiger partial charge in [-0.25, -0.2) is 0 Å². The summed E-state index contributed by atoms with van der Waals surface area (Å²) in [6.07, 6.45) is -0.0535. The molecule has 0 unspecified atom stereocenters. The first-order valence-corrected chi connectivity index (χ1v) is 9.49. The Balaban J connectivity index is 0.000000941. The van der Waals surface area contributed by atoms with Gasteiger partial charge in [0.2, 0.25) is 0 Å². The monoisotopic (exact) mass is 393 g/mol. The molecule has 0 saturated heterocycles. The SMILES string of the molecule is CCO.NCc1cccc(-c2cccc(COc3ccccc3CC(=O)O)c2)c1. The lowest BCUT2D eigenvalue weighted by Gasteiger charge is -2.11. The number of hydrogen-bond acceptors (Lipinski definition) is 4. The van der Waals surface area contributed by atoms with Gasteiger partial charge in [0.05, 0.1) is 6.42 Å². The zero-order valence-electron chi connectivity index (χ0n) is 16.5. The summed E-state index contributed by atoms with van der Waals surface area (Å²) in [6, 6.07) is 23.5. The average Bonchev–Trinajstić information content (AvgIpc) is 2.73. The van der Waals surface area contributed by atoms with Crippen LogP contribution in [-0.4, -0.2) is 22.8 Å². The van der Waals surface area contributed by atoms with Crippen LogP contribution in [0.4, 0.5) is 0 Å². The van der Waals surface area contributed by atoms with Crippen molar-refractivity contribution >= 4 is 5.97 Å². The molecule has 0 amide bonds. The summed E-state index contributed by atoms with van der Waals surface area (Å²) in [5.74, 6) is -0.270. The summed E-state index contributed by atoms with van der Waals surface area (Å²) in [5, 5.41) is 16.6. The van der Waals surface area contributed by atoms with Crippen LogP contribution in [0, 0.1) is 0 Å². The quantitative estimate of drug-likeness (QED) is 0.564.